The number of nitrogens with zero attached hydrogens (tertiary/aromatic N) is 1. The Morgan fingerprint density at radius 1 is 1.29 bits per heavy atom. The Hall–Kier alpha value is -0.470. The van der Waals surface area contributed by atoms with Crippen molar-refractivity contribution >= 4 is 21.4 Å². The summed E-state index contributed by atoms with van der Waals surface area (Å²) in [6.07, 6.45) is 4.27. The summed E-state index contributed by atoms with van der Waals surface area (Å²) in [6, 6.07) is 4.34. The quantitative estimate of drug-likeness (QED) is 0.634. The van der Waals surface area contributed by atoms with E-state index in [0.717, 1.165) is 30.8 Å². The van der Waals surface area contributed by atoms with E-state index in [2.05, 4.69) is 10.0 Å². The van der Waals surface area contributed by atoms with Gasteiger partial charge in [0.1, 0.15) is 4.21 Å². The second-order valence-electron chi connectivity index (χ2n) is 5.75. The predicted molar refractivity (Wildman–Crippen MR) is 87.4 cm³/mol. The second-order valence-corrected chi connectivity index (χ2v) is 8.92. The first-order chi connectivity index (χ1) is 9.97. The summed E-state index contributed by atoms with van der Waals surface area (Å²) < 4.78 is 27.4. The topological polar surface area (TPSA) is 61.4 Å². The van der Waals surface area contributed by atoms with E-state index < -0.39 is 10.0 Å². The first-order valence-corrected chi connectivity index (χ1v) is 9.74. The standard InChI is InChI=1S/C14H25N3O2S2/c1-17(2)11-3-9-16-21(18,19)14-7-6-13(20-14)8-10-15-12-4-5-12/h6-7,12,15-16H,3-5,8-11H2,1-2H3. The molecule has 0 aliphatic heterocycles. The molecule has 21 heavy (non-hydrogen) atoms. The molecule has 1 heterocycles. The van der Waals surface area contributed by atoms with Crippen LogP contribution in [0, 0.1) is 0 Å². The van der Waals surface area contributed by atoms with Crippen LogP contribution in [0.25, 0.3) is 0 Å². The summed E-state index contributed by atoms with van der Waals surface area (Å²) in [5, 5.41) is 3.44. The van der Waals surface area contributed by atoms with Gasteiger partial charge in [-0.3, -0.25) is 0 Å². The molecule has 0 spiro atoms. The summed E-state index contributed by atoms with van der Waals surface area (Å²) in [7, 11) is 0.627. The lowest BCUT2D eigenvalue weighted by atomic mass is 10.3. The van der Waals surface area contributed by atoms with Gasteiger partial charge in [-0.05, 0) is 58.5 Å². The van der Waals surface area contributed by atoms with E-state index in [1.165, 1.54) is 24.2 Å². The van der Waals surface area contributed by atoms with Gasteiger partial charge in [-0.25, -0.2) is 13.1 Å². The fourth-order valence-corrected chi connectivity index (χ4v) is 4.47. The maximum atomic E-state index is 12.2. The Morgan fingerprint density at radius 3 is 2.71 bits per heavy atom. The molecular formula is C14H25N3O2S2. The average Bonchev–Trinajstić information content (AvgIpc) is 3.10. The molecule has 0 atom stereocenters. The zero-order valence-electron chi connectivity index (χ0n) is 12.8. The molecular weight excluding hydrogens is 306 g/mol. The molecule has 2 rings (SSSR count). The molecule has 5 nitrogen and oxygen atoms in total. The lowest BCUT2D eigenvalue weighted by Gasteiger charge is -2.09. The fraction of sp³-hybridized carbons (Fsp3) is 0.714. The van der Waals surface area contributed by atoms with Crippen molar-refractivity contribution in [1.82, 2.24) is 14.9 Å². The number of nitrogens with one attached hydrogen (secondary N) is 2. The minimum absolute atomic E-state index is 0.425. The van der Waals surface area contributed by atoms with Crippen LogP contribution >= 0.6 is 11.3 Å². The first kappa shape index (κ1) is 16.9. The van der Waals surface area contributed by atoms with Crippen LogP contribution in [-0.2, 0) is 16.4 Å². The molecule has 1 saturated carbocycles. The van der Waals surface area contributed by atoms with Gasteiger partial charge in [-0.2, -0.15) is 0 Å². The highest BCUT2D eigenvalue weighted by Crippen LogP contribution is 2.22. The summed E-state index contributed by atoms with van der Waals surface area (Å²) in [5.74, 6) is 0. The maximum absolute atomic E-state index is 12.2. The molecule has 7 heteroatoms. The summed E-state index contributed by atoms with van der Waals surface area (Å²) in [6.45, 7) is 2.29. The normalized spacial score (nSPS) is 15.8. The van der Waals surface area contributed by atoms with Crippen LogP contribution in [0.4, 0.5) is 0 Å². The van der Waals surface area contributed by atoms with Crippen molar-refractivity contribution in [2.24, 2.45) is 0 Å². The van der Waals surface area contributed by atoms with Gasteiger partial charge in [0.05, 0.1) is 0 Å². The highest BCUT2D eigenvalue weighted by Gasteiger charge is 2.20. The number of thiophene rings is 1. The van der Waals surface area contributed by atoms with Crippen LogP contribution < -0.4 is 10.0 Å². The van der Waals surface area contributed by atoms with E-state index in [4.69, 9.17) is 0 Å². The monoisotopic (exact) mass is 331 g/mol. The molecule has 120 valence electrons. The van der Waals surface area contributed by atoms with Crippen molar-refractivity contribution in [3.8, 4) is 0 Å². The van der Waals surface area contributed by atoms with E-state index in [1.807, 2.05) is 25.1 Å². The van der Waals surface area contributed by atoms with Gasteiger partial charge in [0.25, 0.3) is 0 Å². The van der Waals surface area contributed by atoms with Gasteiger partial charge in [-0.15, -0.1) is 11.3 Å². The highest BCUT2D eigenvalue weighted by molar-refractivity contribution is 7.91. The van der Waals surface area contributed by atoms with Crippen LogP contribution in [0.15, 0.2) is 16.3 Å². The Morgan fingerprint density at radius 2 is 2.05 bits per heavy atom. The molecule has 0 bridgehead atoms. The van der Waals surface area contributed by atoms with Gasteiger partial charge in [-0.1, -0.05) is 0 Å². The Kier molecular flexibility index (Phi) is 6.19. The summed E-state index contributed by atoms with van der Waals surface area (Å²) >= 11 is 1.38. The molecule has 1 aromatic heterocycles. The zero-order chi connectivity index (χ0) is 15.3. The molecule has 0 aromatic carbocycles. The maximum Gasteiger partial charge on any atom is 0.250 e. The van der Waals surface area contributed by atoms with E-state index in [0.29, 0.717) is 16.8 Å². The van der Waals surface area contributed by atoms with Crippen molar-refractivity contribution in [2.45, 2.75) is 35.9 Å². The van der Waals surface area contributed by atoms with Crippen molar-refractivity contribution in [1.29, 1.82) is 0 Å². The number of hydrogen-bond acceptors (Lipinski definition) is 5. The second kappa shape index (κ2) is 7.69. The van der Waals surface area contributed by atoms with Crippen molar-refractivity contribution in [3.05, 3.63) is 17.0 Å². The minimum Gasteiger partial charge on any atom is -0.314 e. The van der Waals surface area contributed by atoms with Crippen LogP contribution in [0.2, 0.25) is 0 Å². The Bertz CT molecular complexity index is 536. The predicted octanol–water partition coefficient (Wildman–Crippen LogP) is 1.27. The molecule has 0 radical (unpaired) electrons. The molecule has 1 aliphatic carbocycles. The molecule has 1 aromatic rings. The van der Waals surface area contributed by atoms with Gasteiger partial charge in [0.2, 0.25) is 10.0 Å². The van der Waals surface area contributed by atoms with Crippen LogP contribution in [0.5, 0.6) is 0 Å². The number of sulfonamides is 1. The summed E-state index contributed by atoms with van der Waals surface area (Å²) in [5.41, 5.74) is 0. The smallest absolute Gasteiger partial charge is 0.250 e. The molecule has 1 fully saturated rings. The minimum atomic E-state index is -3.34. The third kappa shape index (κ3) is 6.04. The molecule has 0 saturated heterocycles. The first-order valence-electron chi connectivity index (χ1n) is 7.44. The number of hydrogen-bond donors (Lipinski definition) is 2. The SMILES string of the molecule is CN(C)CCCNS(=O)(=O)c1ccc(CCNC2CC2)s1. The van der Waals surface area contributed by atoms with E-state index in [9.17, 15) is 8.42 Å². The van der Waals surface area contributed by atoms with Gasteiger partial charge >= 0.3 is 0 Å². The van der Waals surface area contributed by atoms with Crippen LogP contribution in [0.1, 0.15) is 24.1 Å². The Labute approximate surface area is 131 Å². The summed E-state index contributed by atoms with van der Waals surface area (Å²) in [4.78, 5) is 3.17. The Balaban J connectivity index is 1.77. The fourth-order valence-electron chi connectivity index (χ4n) is 2.00. The van der Waals surface area contributed by atoms with Gasteiger partial charge < -0.3 is 10.2 Å². The van der Waals surface area contributed by atoms with Crippen LogP contribution in [0.3, 0.4) is 0 Å². The molecule has 0 unspecified atom stereocenters. The van der Waals surface area contributed by atoms with E-state index >= 15 is 0 Å². The number of rotatable bonds is 10. The van der Waals surface area contributed by atoms with Crippen LogP contribution in [-0.4, -0.2) is 53.1 Å². The van der Waals surface area contributed by atoms with E-state index in [1.54, 1.807) is 6.07 Å². The van der Waals surface area contributed by atoms with Gasteiger partial charge in [0.15, 0.2) is 0 Å². The van der Waals surface area contributed by atoms with Crippen molar-refractivity contribution in [2.75, 3.05) is 33.7 Å². The van der Waals surface area contributed by atoms with Crippen molar-refractivity contribution in [3.63, 3.8) is 0 Å². The average molecular weight is 332 g/mol. The van der Waals surface area contributed by atoms with Gasteiger partial charge in [0, 0.05) is 24.0 Å². The molecule has 0 amide bonds. The van der Waals surface area contributed by atoms with Crippen molar-refractivity contribution < 1.29 is 8.42 Å². The molecule has 1 aliphatic rings. The highest BCUT2D eigenvalue weighted by atomic mass is 32.2. The zero-order valence-corrected chi connectivity index (χ0v) is 14.4. The van der Waals surface area contributed by atoms with E-state index in [-0.39, 0.29) is 0 Å². The third-order valence-electron chi connectivity index (χ3n) is 3.36. The lowest BCUT2D eigenvalue weighted by molar-refractivity contribution is 0.400. The largest absolute Gasteiger partial charge is 0.314 e. The third-order valence-corrected chi connectivity index (χ3v) is 6.46. The lowest BCUT2D eigenvalue weighted by Crippen LogP contribution is -2.26. The molecule has 2 N–H and O–H groups in total.